The fourth-order valence-corrected chi connectivity index (χ4v) is 3.95. The molecule has 0 bridgehead atoms. The molecule has 3 aromatic rings. The first-order valence-corrected chi connectivity index (χ1v) is 9.74. The number of nitrogens with zero attached hydrogens (tertiary/aromatic N) is 2. The van der Waals surface area contributed by atoms with E-state index in [1.807, 2.05) is 60.5 Å². The Hall–Kier alpha value is -3.41. The Balaban J connectivity index is 1.57. The van der Waals surface area contributed by atoms with Crippen molar-refractivity contribution in [1.29, 1.82) is 0 Å². The van der Waals surface area contributed by atoms with Gasteiger partial charge in [0.25, 0.3) is 0 Å². The molecular formula is C23H22N2O4. The second-order valence-corrected chi connectivity index (χ2v) is 6.97. The molecule has 0 unspecified atom stereocenters. The summed E-state index contributed by atoms with van der Waals surface area (Å²) in [7, 11) is 1.66. The zero-order chi connectivity index (χ0) is 19.8. The maximum atomic E-state index is 6.44. The minimum atomic E-state index is -0.369. The Bertz CT molecular complexity index is 1030. The van der Waals surface area contributed by atoms with Crippen LogP contribution in [0, 0.1) is 0 Å². The predicted octanol–water partition coefficient (Wildman–Crippen LogP) is 4.93. The molecule has 0 radical (unpaired) electrons. The van der Waals surface area contributed by atoms with Crippen molar-refractivity contribution in [1.82, 2.24) is 5.01 Å². The average Bonchev–Trinajstić information content (AvgIpc) is 3.43. The third-order valence-corrected chi connectivity index (χ3v) is 5.28. The van der Waals surface area contributed by atoms with Crippen LogP contribution in [0.4, 0.5) is 0 Å². The standard InChI is InChI=1S/C23H22N2O4/c1-3-27-16-11-9-15(10-12-16)23-25-19(14-18(24-25)20-8-5-13-28-20)17-6-4-7-21(26-2)22(17)29-23/h4-13,19,23H,3,14H2,1-2H3/t19-,23+/m1/s1. The van der Waals surface area contributed by atoms with E-state index in [1.165, 1.54) is 0 Å². The highest BCUT2D eigenvalue weighted by atomic mass is 16.5. The van der Waals surface area contributed by atoms with E-state index in [0.717, 1.165) is 46.3 Å². The summed E-state index contributed by atoms with van der Waals surface area (Å²) in [5, 5.41) is 6.91. The molecule has 0 N–H and O–H groups in total. The molecule has 0 spiro atoms. The van der Waals surface area contributed by atoms with Gasteiger partial charge in [-0.25, -0.2) is 5.01 Å². The van der Waals surface area contributed by atoms with Crippen molar-refractivity contribution in [3.63, 3.8) is 0 Å². The summed E-state index contributed by atoms with van der Waals surface area (Å²) < 4.78 is 23.2. The number of fused-ring (bicyclic) bond motifs is 3. The Morgan fingerprint density at radius 2 is 1.97 bits per heavy atom. The van der Waals surface area contributed by atoms with Crippen molar-refractivity contribution in [2.75, 3.05) is 13.7 Å². The molecular weight excluding hydrogens is 368 g/mol. The van der Waals surface area contributed by atoms with Crippen molar-refractivity contribution in [3.8, 4) is 17.2 Å². The van der Waals surface area contributed by atoms with Crippen molar-refractivity contribution >= 4 is 5.71 Å². The number of furan rings is 1. The lowest BCUT2D eigenvalue weighted by Crippen LogP contribution is -2.33. The molecule has 0 amide bonds. The summed E-state index contributed by atoms with van der Waals surface area (Å²) in [5.41, 5.74) is 2.98. The summed E-state index contributed by atoms with van der Waals surface area (Å²) in [6, 6.07) is 17.8. The van der Waals surface area contributed by atoms with E-state index in [1.54, 1.807) is 13.4 Å². The highest BCUT2D eigenvalue weighted by Crippen LogP contribution is 2.50. The summed E-state index contributed by atoms with van der Waals surface area (Å²) in [6.07, 6.45) is 2.05. The van der Waals surface area contributed by atoms with Crippen LogP contribution < -0.4 is 14.2 Å². The van der Waals surface area contributed by atoms with E-state index in [0.29, 0.717) is 6.61 Å². The molecule has 0 aliphatic carbocycles. The van der Waals surface area contributed by atoms with Crippen LogP contribution in [0.1, 0.15) is 42.5 Å². The van der Waals surface area contributed by atoms with E-state index in [4.69, 9.17) is 23.7 Å². The van der Waals surface area contributed by atoms with Gasteiger partial charge in [0, 0.05) is 17.5 Å². The third-order valence-electron chi connectivity index (χ3n) is 5.28. The summed E-state index contributed by atoms with van der Waals surface area (Å²) in [5.74, 6) is 3.12. The van der Waals surface area contributed by atoms with E-state index in [9.17, 15) is 0 Å². The highest BCUT2D eigenvalue weighted by Gasteiger charge is 2.42. The number of ether oxygens (including phenoxy) is 3. The van der Waals surface area contributed by atoms with Gasteiger partial charge < -0.3 is 18.6 Å². The number of benzene rings is 2. The molecule has 6 heteroatoms. The molecule has 29 heavy (non-hydrogen) atoms. The number of rotatable bonds is 5. The van der Waals surface area contributed by atoms with Crippen LogP contribution in [-0.4, -0.2) is 24.4 Å². The first-order chi connectivity index (χ1) is 14.3. The third kappa shape index (κ3) is 3.01. The normalized spacial score (nSPS) is 19.8. The number of hydrazone groups is 1. The van der Waals surface area contributed by atoms with Gasteiger partial charge in [-0.15, -0.1) is 0 Å². The number of hydrogen-bond donors (Lipinski definition) is 0. The lowest BCUT2D eigenvalue weighted by Gasteiger charge is -2.38. The molecule has 1 aromatic heterocycles. The molecule has 6 nitrogen and oxygen atoms in total. The van der Waals surface area contributed by atoms with Crippen LogP contribution in [0.15, 0.2) is 70.4 Å². The van der Waals surface area contributed by atoms with Crippen LogP contribution in [0.3, 0.4) is 0 Å². The predicted molar refractivity (Wildman–Crippen MR) is 108 cm³/mol. The van der Waals surface area contributed by atoms with Gasteiger partial charge in [0.15, 0.2) is 11.5 Å². The highest BCUT2D eigenvalue weighted by molar-refractivity contribution is 5.99. The number of hydrogen-bond acceptors (Lipinski definition) is 6. The fraction of sp³-hybridized carbons (Fsp3) is 0.261. The van der Waals surface area contributed by atoms with Crippen molar-refractivity contribution in [3.05, 3.63) is 77.7 Å². The molecule has 0 saturated heterocycles. The van der Waals surface area contributed by atoms with E-state index in [2.05, 4.69) is 6.07 Å². The molecule has 2 aromatic carbocycles. The maximum absolute atomic E-state index is 6.44. The molecule has 2 aliphatic rings. The zero-order valence-electron chi connectivity index (χ0n) is 16.4. The topological polar surface area (TPSA) is 56.4 Å². The van der Waals surface area contributed by atoms with Crippen molar-refractivity contribution < 1.29 is 18.6 Å². The SMILES string of the molecule is CCOc1ccc([C@@H]2Oc3c(OC)cccc3[C@H]3CC(c4ccco4)=NN32)cc1. The molecule has 0 saturated carbocycles. The fourth-order valence-electron chi connectivity index (χ4n) is 3.95. The van der Waals surface area contributed by atoms with E-state index < -0.39 is 0 Å². The van der Waals surface area contributed by atoms with Gasteiger partial charge in [-0.1, -0.05) is 12.1 Å². The quantitative estimate of drug-likeness (QED) is 0.618. The molecule has 5 rings (SSSR count). The van der Waals surface area contributed by atoms with Gasteiger partial charge in [0.2, 0.25) is 6.23 Å². The monoisotopic (exact) mass is 390 g/mol. The van der Waals surface area contributed by atoms with Crippen LogP contribution in [0.2, 0.25) is 0 Å². The molecule has 2 aliphatic heterocycles. The van der Waals surface area contributed by atoms with Crippen LogP contribution in [-0.2, 0) is 0 Å². The Kier molecular flexibility index (Phi) is 4.39. The second kappa shape index (κ2) is 7.20. The van der Waals surface area contributed by atoms with Gasteiger partial charge in [-0.3, -0.25) is 0 Å². The number of para-hydroxylation sites is 1. The molecule has 2 atom stereocenters. The van der Waals surface area contributed by atoms with E-state index >= 15 is 0 Å². The minimum Gasteiger partial charge on any atom is -0.494 e. The van der Waals surface area contributed by atoms with Gasteiger partial charge in [-0.05, 0) is 49.4 Å². The molecule has 148 valence electrons. The van der Waals surface area contributed by atoms with Crippen LogP contribution in [0.5, 0.6) is 17.2 Å². The molecule has 3 heterocycles. The Labute approximate surface area is 169 Å². The Morgan fingerprint density at radius 3 is 2.69 bits per heavy atom. The van der Waals surface area contributed by atoms with Crippen LogP contribution >= 0.6 is 0 Å². The minimum absolute atomic E-state index is 0.0468. The summed E-state index contributed by atoms with van der Waals surface area (Å²) in [6.45, 7) is 2.61. The lowest BCUT2D eigenvalue weighted by molar-refractivity contribution is -0.0209. The smallest absolute Gasteiger partial charge is 0.214 e. The van der Waals surface area contributed by atoms with Gasteiger partial charge >= 0.3 is 0 Å². The first kappa shape index (κ1) is 17.7. The Morgan fingerprint density at radius 1 is 1.10 bits per heavy atom. The largest absolute Gasteiger partial charge is 0.494 e. The lowest BCUT2D eigenvalue weighted by atomic mass is 9.97. The van der Waals surface area contributed by atoms with Crippen molar-refractivity contribution in [2.45, 2.75) is 25.6 Å². The summed E-state index contributed by atoms with van der Waals surface area (Å²) >= 11 is 0. The van der Waals surface area contributed by atoms with Crippen molar-refractivity contribution in [2.24, 2.45) is 5.10 Å². The van der Waals surface area contributed by atoms with E-state index in [-0.39, 0.29) is 12.3 Å². The zero-order valence-corrected chi connectivity index (χ0v) is 16.4. The van der Waals surface area contributed by atoms with Crippen LogP contribution in [0.25, 0.3) is 0 Å². The average molecular weight is 390 g/mol. The maximum Gasteiger partial charge on any atom is 0.214 e. The molecule has 0 fully saturated rings. The number of methoxy groups -OCH3 is 1. The van der Waals surface area contributed by atoms with Gasteiger partial charge in [-0.2, -0.15) is 5.10 Å². The second-order valence-electron chi connectivity index (χ2n) is 6.97. The van der Waals surface area contributed by atoms with Gasteiger partial charge in [0.05, 0.1) is 26.0 Å². The first-order valence-electron chi connectivity index (χ1n) is 9.74. The summed E-state index contributed by atoms with van der Waals surface area (Å²) in [4.78, 5) is 0. The van der Waals surface area contributed by atoms with Gasteiger partial charge in [0.1, 0.15) is 17.2 Å².